The van der Waals surface area contributed by atoms with E-state index in [4.69, 9.17) is 11.0 Å². The minimum Gasteiger partial charge on any atom is -0.396 e. The number of aryl methyl sites for hydroxylation is 1. The maximum Gasteiger partial charge on any atom is 0.230 e. The first-order valence-electron chi connectivity index (χ1n) is 8.75. The van der Waals surface area contributed by atoms with E-state index in [1.807, 2.05) is 6.07 Å². The molecule has 1 aliphatic rings. The summed E-state index contributed by atoms with van der Waals surface area (Å²) in [6, 6.07) is 10.2. The van der Waals surface area contributed by atoms with Crippen LogP contribution in [0.2, 0.25) is 0 Å². The third kappa shape index (κ3) is 2.83. The van der Waals surface area contributed by atoms with Gasteiger partial charge in [-0.2, -0.15) is 5.26 Å². The van der Waals surface area contributed by atoms with Crippen LogP contribution >= 0.6 is 0 Å². The van der Waals surface area contributed by atoms with Crippen LogP contribution in [0.15, 0.2) is 36.5 Å². The predicted octanol–water partition coefficient (Wildman–Crippen LogP) is 4.17. The molecule has 1 amide bonds. The zero-order valence-electron chi connectivity index (χ0n) is 15.0. The number of carbonyl (C=O) groups excluding carboxylic acids is 1. The molecule has 28 heavy (non-hydrogen) atoms. The lowest BCUT2D eigenvalue weighted by Gasteiger charge is -2.14. The van der Waals surface area contributed by atoms with Gasteiger partial charge in [0.15, 0.2) is 5.82 Å². The molecule has 3 aromatic rings. The maximum atomic E-state index is 15.3. The number of nitrogens with two attached hydrogens (primary N) is 1. The predicted molar refractivity (Wildman–Crippen MR) is 102 cm³/mol. The zero-order valence-corrected chi connectivity index (χ0v) is 15.0. The van der Waals surface area contributed by atoms with Gasteiger partial charge in [0.1, 0.15) is 11.6 Å². The quantitative estimate of drug-likeness (QED) is 0.669. The number of benzene rings is 2. The monoisotopic (exact) mass is 378 g/mol. The number of carbonyl (C=O) groups is 1. The Labute approximate surface area is 159 Å². The maximum absolute atomic E-state index is 15.3. The van der Waals surface area contributed by atoms with Crippen LogP contribution in [-0.4, -0.2) is 10.9 Å². The molecule has 5 nitrogen and oxygen atoms in total. The molecule has 2 atom stereocenters. The van der Waals surface area contributed by atoms with Crippen molar-refractivity contribution in [2.24, 2.45) is 11.8 Å². The van der Waals surface area contributed by atoms with Gasteiger partial charge in [-0.15, -0.1) is 0 Å². The second kappa shape index (κ2) is 6.57. The van der Waals surface area contributed by atoms with E-state index in [1.54, 1.807) is 31.2 Å². The van der Waals surface area contributed by atoms with E-state index >= 15 is 4.39 Å². The standard InChI is InChI=1S/C21H16F2N4O/c1-10-4-2-3-5-12(10)17-18(22)14-7-16(26-9-15(14)20(25)19(17)23)27-21(28)13-6-11(13)8-24/h2-5,7,9,11,13H,6,25H2,1H3,(H,26,27,28). The van der Waals surface area contributed by atoms with Crippen LogP contribution in [0.1, 0.15) is 12.0 Å². The first-order chi connectivity index (χ1) is 13.4. The topological polar surface area (TPSA) is 91.8 Å². The van der Waals surface area contributed by atoms with Gasteiger partial charge in [0.05, 0.1) is 29.2 Å². The van der Waals surface area contributed by atoms with Gasteiger partial charge in [0.2, 0.25) is 5.91 Å². The molecule has 4 rings (SSSR count). The Morgan fingerprint density at radius 2 is 2.04 bits per heavy atom. The molecule has 140 valence electrons. The average molecular weight is 378 g/mol. The summed E-state index contributed by atoms with van der Waals surface area (Å²) in [5.74, 6) is -2.50. The van der Waals surface area contributed by atoms with Crippen LogP contribution < -0.4 is 11.1 Å². The first kappa shape index (κ1) is 17.9. The van der Waals surface area contributed by atoms with Crippen LogP contribution in [-0.2, 0) is 4.79 Å². The molecule has 0 spiro atoms. The molecule has 0 bridgehead atoms. The van der Waals surface area contributed by atoms with Crippen molar-refractivity contribution >= 4 is 28.2 Å². The third-order valence-electron chi connectivity index (χ3n) is 5.06. The van der Waals surface area contributed by atoms with Gasteiger partial charge in [-0.25, -0.2) is 13.8 Å². The van der Waals surface area contributed by atoms with Crippen LogP contribution in [0.4, 0.5) is 20.3 Å². The van der Waals surface area contributed by atoms with E-state index in [0.29, 0.717) is 17.5 Å². The fraction of sp³-hybridized carbons (Fsp3) is 0.190. The molecule has 1 fully saturated rings. The number of nitrogen functional groups attached to an aromatic ring is 1. The highest BCUT2D eigenvalue weighted by Gasteiger charge is 2.43. The summed E-state index contributed by atoms with van der Waals surface area (Å²) in [5.41, 5.74) is 6.62. The molecule has 2 unspecified atom stereocenters. The molecule has 1 heterocycles. The van der Waals surface area contributed by atoms with Crippen LogP contribution in [0.3, 0.4) is 0 Å². The second-order valence-electron chi connectivity index (χ2n) is 6.91. The number of hydrogen-bond acceptors (Lipinski definition) is 4. The Morgan fingerprint density at radius 3 is 2.71 bits per heavy atom. The molecule has 1 saturated carbocycles. The van der Waals surface area contributed by atoms with Gasteiger partial charge in [-0.3, -0.25) is 4.79 Å². The van der Waals surface area contributed by atoms with Gasteiger partial charge < -0.3 is 11.1 Å². The van der Waals surface area contributed by atoms with E-state index in [0.717, 1.165) is 0 Å². The molecule has 3 N–H and O–H groups in total. The number of nitrogens with zero attached hydrogens (tertiary/aromatic N) is 2. The van der Waals surface area contributed by atoms with Gasteiger partial charge in [0, 0.05) is 17.0 Å². The number of hydrogen-bond donors (Lipinski definition) is 2. The number of rotatable bonds is 3. The van der Waals surface area contributed by atoms with Crippen molar-refractivity contribution < 1.29 is 13.6 Å². The van der Waals surface area contributed by atoms with Gasteiger partial charge in [0.25, 0.3) is 0 Å². The largest absolute Gasteiger partial charge is 0.396 e. The van der Waals surface area contributed by atoms with E-state index in [9.17, 15) is 9.18 Å². The Balaban J connectivity index is 1.81. The van der Waals surface area contributed by atoms with Gasteiger partial charge in [-0.1, -0.05) is 24.3 Å². The Morgan fingerprint density at radius 1 is 1.29 bits per heavy atom. The molecular formula is C21H16F2N4O. The summed E-state index contributed by atoms with van der Waals surface area (Å²) in [4.78, 5) is 16.2. The Bertz CT molecular complexity index is 1170. The summed E-state index contributed by atoms with van der Waals surface area (Å²) in [6.07, 6.45) is 1.74. The molecule has 0 radical (unpaired) electrons. The summed E-state index contributed by atoms with van der Waals surface area (Å²) < 4.78 is 30.2. The van der Waals surface area contributed by atoms with Crippen molar-refractivity contribution in [2.45, 2.75) is 13.3 Å². The van der Waals surface area contributed by atoms with Crippen molar-refractivity contribution in [3.63, 3.8) is 0 Å². The number of fused-ring (bicyclic) bond motifs is 1. The highest BCUT2D eigenvalue weighted by molar-refractivity contribution is 6.01. The summed E-state index contributed by atoms with van der Waals surface area (Å²) in [5, 5.41) is 11.6. The second-order valence-corrected chi connectivity index (χ2v) is 6.91. The number of anilines is 2. The smallest absolute Gasteiger partial charge is 0.230 e. The molecule has 1 aliphatic carbocycles. The number of aromatic nitrogens is 1. The van der Waals surface area contributed by atoms with Crippen molar-refractivity contribution in [3.8, 4) is 17.2 Å². The van der Waals surface area contributed by atoms with Crippen LogP contribution in [0.25, 0.3) is 21.9 Å². The SMILES string of the molecule is Cc1ccccc1-c1c(F)c(N)c2cnc(NC(=O)C3CC3C#N)cc2c1F. The van der Waals surface area contributed by atoms with Crippen LogP contribution in [0, 0.1) is 41.7 Å². The van der Waals surface area contributed by atoms with Crippen molar-refractivity contribution in [1.82, 2.24) is 4.98 Å². The fourth-order valence-electron chi connectivity index (χ4n) is 3.34. The van der Waals surface area contributed by atoms with Crippen molar-refractivity contribution in [2.75, 3.05) is 11.1 Å². The Hall–Kier alpha value is -3.53. The number of amides is 1. The number of nitriles is 1. The minimum absolute atomic E-state index is 0.0649. The molecule has 7 heteroatoms. The lowest BCUT2D eigenvalue weighted by Crippen LogP contribution is -2.15. The zero-order chi connectivity index (χ0) is 20.0. The highest BCUT2D eigenvalue weighted by atomic mass is 19.1. The number of halogens is 2. The summed E-state index contributed by atoms with van der Waals surface area (Å²) in [7, 11) is 0. The number of pyridine rings is 1. The molecule has 0 aliphatic heterocycles. The van der Waals surface area contributed by atoms with E-state index in [2.05, 4.69) is 10.3 Å². The molecular weight excluding hydrogens is 362 g/mol. The number of nitrogens with one attached hydrogen (secondary N) is 1. The average Bonchev–Trinajstić information content (AvgIpc) is 3.48. The summed E-state index contributed by atoms with van der Waals surface area (Å²) in [6.45, 7) is 1.76. The van der Waals surface area contributed by atoms with Crippen molar-refractivity contribution in [3.05, 3.63) is 53.7 Å². The molecule has 2 aromatic carbocycles. The van der Waals surface area contributed by atoms with E-state index in [-0.39, 0.29) is 45.6 Å². The van der Waals surface area contributed by atoms with Gasteiger partial charge in [-0.05, 0) is 30.5 Å². The Kier molecular flexibility index (Phi) is 4.19. The third-order valence-corrected chi connectivity index (χ3v) is 5.06. The fourth-order valence-corrected chi connectivity index (χ4v) is 3.34. The molecule has 1 aromatic heterocycles. The van der Waals surface area contributed by atoms with E-state index in [1.165, 1.54) is 12.3 Å². The minimum atomic E-state index is -0.840. The summed E-state index contributed by atoms with van der Waals surface area (Å²) >= 11 is 0. The van der Waals surface area contributed by atoms with Crippen molar-refractivity contribution in [1.29, 1.82) is 5.26 Å². The lowest BCUT2D eigenvalue weighted by atomic mass is 9.96. The lowest BCUT2D eigenvalue weighted by molar-refractivity contribution is -0.117. The highest BCUT2D eigenvalue weighted by Crippen LogP contribution is 2.40. The van der Waals surface area contributed by atoms with E-state index < -0.39 is 11.6 Å². The first-order valence-corrected chi connectivity index (χ1v) is 8.75. The normalized spacial score (nSPS) is 17.9. The van der Waals surface area contributed by atoms with Gasteiger partial charge >= 0.3 is 0 Å². The molecule has 0 saturated heterocycles. The van der Waals surface area contributed by atoms with Crippen LogP contribution in [0.5, 0.6) is 0 Å².